The highest BCUT2D eigenvalue weighted by molar-refractivity contribution is 7.13. The molecule has 0 spiro atoms. The second kappa shape index (κ2) is 11.3. The van der Waals surface area contributed by atoms with Crippen molar-refractivity contribution in [1.82, 2.24) is 9.88 Å². The Balaban J connectivity index is 1.42. The number of ether oxygens (including phenoxy) is 1. The largest absolute Gasteiger partial charge is 0.481 e. The highest BCUT2D eigenvalue weighted by Gasteiger charge is 2.13. The SMILES string of the molecule is O=C(O)CCc1ccc(-c2cccs2)n1Cc1cccc(CNC(=O)OCc2ccccc2)c1. The Bertz CT molecular complexity index is 1230. The first-order valence-electron chi connectivity index (χ1n) is 11.0. The van der Waals surface area contributed by atoms with Crippen molar-refractivity contribution >= 4 is 23.4 Å². The van der Waals surface area contributed by atoms with E-state index in [1.54, 1.807) is 11.3 Å². The summed E-state index contributed by atoms with van der Waals surface area (Å²) in [5.74, 6) is -0.808. The first-order valence-corrected chi connectivity index (χ1v) is 11.9. The van der Waals surface area contributed by atoms with Gasteiger partial charge < -0.3 is 19.7 Å². The van der Waals surface area contributed by atoms with E-state index in [9.17, 15) is 9.59 Å². The lowest BCUT2D eigenvalue weighted by Gasteiger charge is -2.14. The minimum absolute atomic E-state index is 0.0863. The van der Waals surface area contributed by atoms with Gasteiger partial charge in [-0.1, -0.05) is 60.7 Å². The Kier molecular flexibility index (Phi) is 7.78. The number of carboxylic acids is 1. The van der Waals surface area contributed by atoms with Gasteiger partial charge in [-0.2, -0.15) is 0 Å². The van der Waals surface area contributed by atoms with E-state index in [1.165, 1.54) is 0 Å². The number of thiophene rings is 1. The van der Waals surface area contributed by atoms with Crippen LogP contribution in [0.2, 0.25) is 0 Å². The molecular formula is C27H26N2O4S. The molecule has 0 radical (unpaired) electrons. The summed E-state index contributed by atoms with van der Waals surface area (Å²) in [7, 11) is 0. The Labute approximate surface area is 202 Å². The van der Waals surface area contributed by atoms with Crippen molar-refractivity contribution in [2.24, 2.45) is 0 Å². The maximum Gasteiger partial charge on any atom is 0.407 e. The fourth-order valence-electron chi connectivity index (χ4n) is 3.76. The van der Waals surface area contributed by atoms with E-state index in [4.69, 9.17) is 9.84 Å². The molecule has 4 rings (SSSR count). The Morgan fingerprint density at radius 3 is 2.47 bits per heavy atom. The summed E-state index contributed by atoms with van der Waals surface area (Å²) in [6, 6.07) is 25.7. The number of carboxylic acid groups (broad SMARTS) is 1. The molecule has 0 bridgehead atoms. The van der Waals surface area contributed by atoms with Crippen molar-refractivity contribution in [3.63, 3.8) is 0 Å². The van der Waals surface area contributed by atoms with Crippen LogP contribution in [0.15, 0.2) is 84.2 Å². The van der Waals surface area contributed by atoms with Crippen molar-refractivity contribution < 1.29 is 19.4 Å². The molecule has 0 atom stereocenters. The number of carbonyl (C=O) groups is 2. The molecule has 2 aromatic heterocycles. The lowest BCUT2D eigenvalue weighted by molar-refractivity contribution is -0.137. The second-order valence-electron chi connectivity index (χ2n) is 7.90. The number of aliphatic carboxylic acids is 1. The number of nitrogens with one attached hydrogen (secondary N) is 1. The Hall–Kier alpha value is -3.84. The molecular weight excluding hydrogens is 448 g/mol. The van der Waals surface area contributed by atoms with E-state index in [0.29, 0.717) is 19.5 Å². The van der Waals surface area contributed by atoms with Crippen LogP contribution in [0.4, 0.5) is 4.79 Å². The van der Waals surface area contributed by atoms with Crippen molar-refractivity contribution in [1.29, 1.82) is 0 Å². The number of carbonyl (C=O) groups excluding carboxylic acids is 1. The van der Waals surface area contributed by atoms with E-state index in [0.717, 1.165) is 33.0 Å². The molecule has 2 heterocycles. The number of alkyl carbamates (subject to hydrolysis) is 1. The molecule has 0 aliphatic carbocycles. The average molecular weight is 475 g/mol. The van der Waals surface area contributed by atoms with Crippen LogP contribution in [0.1, 0.15) is 28.8 Å². The van der Waals surface area contributed by atoms with Crippen LogP contribution in [-0.2, 0) is 35.6 Å². The summed E-state index contributed by atoms with van der Waals surface area (Å²) in [6.07, 6.45) is 0.0913. The van der Waals surface area contributed by atoms with Crippen LogP contribution < -0.4 is 5.32 Å². The van der Waals surface area contributed by atoms with E-state index < -0.39 is 12.1 Å². The van der Waals surface area contributed by atoms with Gasteiger partial charge in [-0.05, 0) is 46.7 Å². The van der Waals surface area contributed by atoms with Crippen LogP contribution >= 0.6 is 11.3 Å². The van der Waals surface area contributed by atoms with Gasteiger partial charge in [0.2, 0.25) is 0 Å². The molecule has 174 valence electrons. The van der Waals surface area contributed by atoms with Crippen LogP contribution in [0.3, 0.4) is 0 Å². The molecule has 7 heteroatoms. The molecule has 0 fully saturated rings. The summed E-state index contributed by atoms with van der Waals surface area (Å²) in [5, 5.41) is 14.0. The van der Waals surface area contributed by atoms with Gasteiger partial charge in [-0.25, -0.2) is 4.79 Å². The lowest BCUT2D eigenvalue weighted by atomic mass is 10.1. The fraction of sp³-hybridized carbons (Fsp3) is 0.185. The number of hydrogen-bond acceptors (Lipinski definition) is 4. The highest BCUT2D eigenvalue weighted by Crippen LogP contribution is 2.28. The molecule has 1 amide bonds. The standard InChI is InChI=1S/C27H26N2O4S/c30-26(31)14-12-23-11-13-24(25-10-5-15-34-25)29(23)18-22-9-4-8-21(16-22)17-28-27(32)33-19-20-6-2-1-3-7-20/h1-11,13,15-16H,12,14,17-19H2,(H,28,32)(H,30,31). The lowest BCUT2D eigenvalue weighted by Crippen LogP contribution is -2.23. The normalized spacial score (nSPS) is 10.7. The maximum atomic E-state index is 12.1. The van der Waals surface area contributed by atoms with Crippen LogP contribution in [0.25, 0.3) is 10.6 Å². The molecule has 4 aromatic rings. The van der Waals surface area contributed by atoms with Gasteiger partial charge in [0.05, 0.1) is 17.0 Å². The van der Waals surface area contributed by atoms with Gasteiger partial charge in [0.1, 0.15) is 6.61 Å². The number of aromatic nitrogens is 1. The Morgan fingerprint density at radius 2 is 1.71 bits per heavy atom. The molecule has 0 aliphatic heterocycles. The van der Waals surface area contributed by atoms with Crippen LogP contribution in [-0.4, -0.2) is 21.7 Å². The predicted octanol–water partition coefficient (Wildman–Crippen LogP) is 5.71. The van der Waals surface area contributed by atoms with Gasteiger partial charge >= 0.3 is 12.1 Å². The van der Waals surface area contributed by atoms with Crippen molar-refractivity contribution in [2.45, 2.75) is 32.5 Å². The van der Waals surface area contributed by atoms with E-state index in [1.807, 2.05) is 66.0 Å². The van der Waals surface area contributed by atoms with Gasteiger partial charge in [0.15, 0.2) is 0 Å². The highest BCUT2D eigenvalue weighted by atomic mass is 32.1. The number of benzene rings is 2. The van der Waals surface area contributed by atoms with E-state index in [2.05, 4.69) is 28.1 Å². The first-order chi connectivity index (χ1) is 16.6. The van der Waals surface area contributed by atoms with Crippen LogP contribution in [0, 0.1) is 0 Å². The van der Waals surface area contributed by atoms with Gasteiger partial charge in [0.25, 0.3) is 0 Å². The molecule has 34 heavy (non-hydrogen) atoms. The third-order valence-corrected chi connectivity index (χ3v) is 6.31. The molecule has 0 unspecified atom stereocenters. The number of nitrogens with zero attached hydrogens (tertiary/aromatic N) is 1. The van der Waals surface area contributed by atoms with Crippen LogP contribution in [0.5, 0.6) is 0 Å². The summed E-state index contributed by atoms with van der Waals surface area (Å²) in [4.78, 5) is 24.4. The zero-order valence-corrected chi connectivity index (χ0v) is 19.5. The molecule has 0 saturated heterocycles. The average Bonchev–Trinajstić information content (AvgIpc) is 3.51. The van der Waals surface area contributed by atoms with Gasteiger partial charge in [0, 0.05) is 18.8 Å². The number of amides is 1. The third kappa shape index (κ3) is 6.36. The Morgan fingerprint density at radius 1 is 0.912 bits per heavy atom. The summed E-state index contributed by atoms with van der Waals surface area (Å²) >= 11 is 1.66. The van der Waals surface area contributed by atoms with Gasteiger partial charge in [-0.3, -0.25) is 4.79 Å². The molecule has 0 aliphatic rings. The number of hydrogen-bond donors (Lipinski definition) is 2. The topological polar surface area (TPSA) is 80.6 Å². The smallest absolute Gasteiger partial charge is 0.407 e. The molecule has 0 saturated carbocycles. The van der Waals surface area contributed by atoms with Crippen molar-refractivity contribution in [2.75, 3.05) is 0 Å². The van der Waals surface area contributed by atoms with E-state index >= 15 is 0 Å². The minimum Gasteiger partial charge on any atom is -0.481 e. The van der Waals surface area contributed by atoms with Gasteiger partial charge in [-0.15, -0.1) is 11.3 Å². The second-order valence-corrected chi connectivity index (χ2v) is 8.85. The molecule has 2 aromatic carbocycles. The van der Waals surface area contributed by atoms with Crippen molar-refractivity contribution in [3.8, 4) is 10.6 Å². The fourth-order valence-corrected chi connectivity index (χ4v) is 4.52. The summed E-state index contributed by atoms with van der Waals surface area (Å²) in [6.45, 7) is 1.20. The zero-order valence-electron chi connectivity index (χ0n) is 18.6. The summed E-state index contributed by atoms with van der Waals surface area (Å²) in [5.41, 5.74) is 5.03. The van der Waals surface area contributed by atoms with Crippen molar-refractivity contribution in [3.05, 3.63) is 107 Å². The predicted molar refractivity (Wildman–Crippen MR) is 133 cm³/mol. The monoisotopic (exact) mass is 474 g/mol. The minimum atomic E-state index is -0.808. The zero-order chi connectivity index (χ0) is 23.8. The quantitative estimate of drug-likeness (QED) is 0.309. The summed E-state index contributed by atoms with van der Waals surface area (Å²) < 4.78 is 7.46. The van der Waals surface area contributed by atoms with E-state index in [-0.39, 0.29) is 13.0 Å². The maximum absolute atomic E-state index is 12.1. The molecule has 6 nitrogen and oxygen atoms in total. The number of rotatable bonds is 10. The molecule has 2 N–H and O–H groups in total. The third-order valence-electron chi connectivity index (χ3n) is 5.42. The first kappa shape index (κ1) is 23.3. The number of aryl methyl sites for hydroxylation is 1.